The molecule has 10 aromatic carbocycles. The predicted molar refractivity (Wildman–Crippen MR) is 231 cm³/mol. The first kappa shape index (κ1) is 25.4. The van der Waals surface area contributed by atoms with Gasteiger partial charge in [-0.3, -0.25) is 0 Å². The molecule has 11 aromatic rings. The summed E-state index contributed by atoms with van der Waals surface area (Å²) in [6.45, 7) is 0. The second-order valence-electron chi connectivity index (χ2n) is 13.6. The van der Waals surface area contributed by atoms with Gasteiger partial charge in [-0.05, 0) is 106 Å². The van der Waals surface area contributed by atoms with Gasteiger partial charge in [0.25, 0.3) is 0 Å². The molecule has 1 aromatic heterocycles. The van der Waals surface area contributed by atoms with E-state index < -0.39 is 6.04 Å². The van der Waals surface area contributed by atoms with Crippen molar-refractivity contribution in [3.63, 3.8) is 0 Å². The van der Waals surface area contributed by atoms with Crippen molar-refractivity contribution in [3.8, 4) is 44.5 Å². The summed E-state index contributed by atoms with van der Waals surface area (Å²) in [5.74, 6) is 0. The van der Waals surface area contributed by atoms with Crippen LogP contribution in [0.5, 0.6) is 0 Å². The summed E-state index contributed by atoms with van der Waals surface area (Å²) < 4.78 is 46.7. The van der Waals surface area contributed by atoms with Crippen LogP contribution >= 0.6 is 11.3 Å². The molecule has 0 N–H and O–H groups in total. The number of benzene rings is 10. The normalized spacial score (nSPS) is 13.1. The molecular weight excluding hydrogens is 657 g/mol. The standard InChI is InChI=1S/C52H32S/c1-3-14-33(15-4-1)39-24-13-25-46-42-28-27-37(32-49(42)53-52(39)46)51-44-23-12-11-22-43(44)50(34-16-5-2-6-17-34)48-31-36(26-29-45(48)51)47-30-35-18-7-8-19-38(35)40-20-9-10-21-41(40)47/h1-32H/i2D,5D,6D,16D,17D. The molecule has 53 heavy (non-hydrogen) atoms. The number of thiophene rings is 1. The van der Waals surface area contributed by atoms with Crippen LogP contribution in [0.15, 0.2) is 194 Å². The van der Waals surface area contributed by atoms with E-state index in [1.54, 1.807) is 11.3 Å². The Morgan fingerprint density at radius 2 is 0.962 bits per heavy atom. The topological polar surface area (TPSA) is 0 Å². The van der Waals surface area contributed by atoms with Crippen molar-refractivity contribution in [1.29, 1.82) is 0 Å². The molecule has 0 aliphatic heterocycles. The van der Waals surface area contributed by atoms with Gasteiger partial charge in [-0.2, -0.15) is 0 Å². The molecule has 0 spiro atoms. The Bertz CT molecular complexity index is 3480. The maximum Gasteiger partial charge on any atom is 0.0629 e. The highest BCUT2D eigenvalue weighted by molar-refractivity contribution is 7.26. The summed E-state index contributed by atoms with van der Waals surface area (Å²) in [5, 5.41) is 10.6. The third-order valence-electron chi connectivity index (χ3n) is 10.7. The minimum atomic E-state index is -0.403. The maximum atomic E-state index is 9.21. The molecule has 0 aliphatic rings. The van der Waals surface area contributed by atoms with Gasteiger partial charge in [0.15, 0.2) is 0 Å². The second kappa shape index (κ2) is 12.0. The summed E-state index contributed by atoms with van der Waals surface area (Å²) in [6, 6.07) is 56.0. The highest BCUT2D eigenvalue weighted by Crippen LogP contribution is 2.48. The van der Waals surface area contributed by atoms with E-state index in [9.17, 15) is 2.74 Å². The Morgan fingerprint density at radius 3 is 1.77 bits per heavy atom. The average Bonchev–Trinajstić information content (AvgIpc) is 3.65. The molecule has 0 atom stereocenters. The molecule has 1 heteroatoms. The smallest absolute Gasteiger partial charge is 0.0629 e. The van der Waals surface area contributed by atoms with Gasteiger partial charge >= 0.3 is 0 Å². The minimum Gasteiger partial charge on any atom is -0.135 e. The van der Waals surface area contributed by atoms with Gasteiger partial charge in [-0.15, -0.1) is 11.3 Å². The highest BCUT2D eigenvalue weighted by Gasteiger charge is 2.19. The SMILES string of the molecule is [2H]c1c([2H])c([2H])c(-c2c3ccccc3c(-c3ccc4c(c3)sc3c(-c5ccccc5)cccc34)c3ccc(-c4cc5ccccc5c5ccccc45)cc23)c([2H])c1[2H]. The van der Waals surface area contributed by atoms with E-state index in [-0.39, 0.29) is 29.7 Å². The molecule has 0 unspecified atom stereocenters. The van der Waals surface area contributed by atoms with Crippen molar-refractivity contribution in [3.05, 3.63) is 194 Å². The van der Waals surface area contributed by atoms with Crippen LogP contribution in [0, 0.1) is 0 Å². The number of fused-ring (bicyclic) bond motifs is 8. The van der Waals surface area contributed by atoms with Crippen LogP contribution in [-0.2, 0) is 0 Å². The zero-order valence-corrected chi connectivity index (χ0v) is 29.3. The Kier molecular flexibility index (Phi) is 5.77. The lowest BCUT2D eigenvalue weighted by Crippen LogP contribution is -1.92. The van der Waals surface area contributed by atoms with Crippen LogP contribution in [0.4, 0.5) is 0 Å². The lowest BCUT2D eigenvalue weighted by molar-refractivity contribution is 1.66. The molecule has 0 aliphatic carbocycles. The van der Waals surface area contributed by atoms with E-state index in [1.165, 1.54) is 36.7 Å². The van der Waals surface area contributed by atoms with Crippen molar-refractivity contribution in [1.82, 2.24) is 0 Å². The molecule has 0 radical (unpaired) electrons. The van der Waals surface area contributed by atoms with E-state index in [0.29, 0.717) is 5.56 Å². The molecule has 0 bridgehead atoms. The first-order valence-electron chi connectivity index (χ1n) is 20.3. The molecule has 0 saturated carbocycles. The van der Waals surface area contributed by atoms with Crippen molar-refractivity contribution >= 4 is 74.6 Å². The molecule has 0 fully saturated rings. The van der Waals surface area contributed by atoms with E-state index in [1.807, 2.05) is 24.3 Å². The Balaban J connectivity index is 1.25. The molecule has 11 rings (SSSR count). The average molecular weight is 694 g/mol. The van der Waals surface area contributed by atoms with Gasteiger partial charge in [-0.1, -0.05) is 176 Å². The van der Waals surface area contributed by atoms with E-state index in [2.05, 4.69) is 140 Å². The summed E-state index contributed by atoms with van der Waals surface area (Å²) in [4.78, 5) is 0. The quantitative estimate of drug-likeness (QED) is 0.127. The number of hydrogen-bond donors (Lipinski definition) is 0. The number of rotatable bonds is 4. The fourth-order valence-corrected chi connectivity index (χ4v) is 9.67. The van der Waals surface area contributed by atoms with Gasteiger partial charge in [0, 0.05) is 20.2 Å². The molecule has 0 nitrogen and oxygen atoms in total. The van der Waals surface area contributed by atoms with Crippen LogP contribution in [0.25, 0.3) is 108 Å². The largest absolute Gasteiger partial charge is 0.135 e. The Morgan fingerprint density at radius 1 is 0.340 bits per heavy atom. The van der Waals surface area contributed by atoms with Gasteiger partial charge in [0.2, 0.25) is 0 Å². The van der Waals surface area contributed by atoms with Crippen LogP contribution in [0.1, 0.15) is 6.85 Å². The summed E-state index contributed by atoms with van der Waals surface area (Å²) in [5.41, 5.74) is 7.39. The molecule has 246 valence electrons. The monoisotopic (exact) mass is 693 g/mol. The lowest BCUT2D eigenvalue weighted by Gasteiger charge is -2.19. The van der Waals surface area contributed by atoms with Crippen LogP contribution < -0.4 is 0 Å². The van der Waals surface area contributed by atoms with E-state index >= 15 is 0 Å². The Labute approximate surface area is 318 Å². The van der Waals surface area contributed by atoms with E-state index in [4.69, 9.17) is 4.11 Å². The lowest BCUT2D eigenvalue weighted by atomic mass is 9.84. The minimum absolute atomic E-state index is 0.202. The molecule has 0 saturated heterocycles. The molecule has 0 amide bonds. The fourth-order valence-electron chi connectivity index (χ4n) is 8.39. The predicted octanol–water partition coefficient (Wildman–Crippen LogP) is 15.3. The zero-order chi connectivity index (χ0) is 39.2. The summed E-state index contributed by atoms with van der Waals surface area (Å²) in [7, 11) is 0. The number of hydrogen-bond acceptors (Lipinski definition) is 1. The van der Waals surface area contributed by atoms with Crippen molar-refractivity contribution in [2.45, 2.75) is 0 Å². The van der Waals surface area contributed by atoms with Gasteiger partial charge in [0.1, 0.15) is 0 Å². The van der Waals surface area contributed by atoms with E-state index in [0.717, 1.165) is 60.0 Å². The third-order valence-corrected chi connectivity index (χ3v) is 11.9. The van der Waals surface area contributed by atoms with Crippen LogP contribution in [0.2, 0.25) is 0 Å². The van der Waals surface area contributed by atoms with Crippen molar-refractivity contribution in [2.75, 3.05) is 0 Å². The zero-order valence-electron chi connectivity index (χ0n) is 33.5. The molecular formula is C52H32S. The molecule has 1 heterocycles. The van der Waals surface area contributed by atoms with Crippen LogP contribution in [0.3, 0.4) is 0 Å². The first-order valence-corrected chi connectivity index (χ1v) is 18.7. The summed E-state index contributed by atoms with van der Waals surface area (Å²) in [6.07, 6.45) is 0. The van der Waals surface area contributed by atoms with Gasteiger partial charge in [-0.25, -0.2) is 0 Å². The van der Waals surface area contributed by atoms with Gasteiger partial charge in [0.05, 0.1) is 6.85 Å². The van der Waals surface area contributed by atoms with Crippen molar-refractivity contribution < 1.29 is 6.85 Å². The Hall–Kier alpha value is -6.54. The van der Waals surface area contributed by atoms with Gasteiger partial charge < -0.3 is 0 Å². The fraction of sp³-hybridized carbons (Fsp3) is 0. The van der Waals surface area contributed by atoms with Crippen molar-refractivity contribution in [2.24, 2.45) is 0 Å². The third kappa shape index (κ3) is 4.75. The summed E-state index contributed by atoms with van der Waals surface area (Å²) >= 11 is 1.80. The van der Waals surface area contributed by atoms with Crippen LogP contribution in [-0.4, -0.2) is 0 Å². The highest BCUT2D eigenvalue weighted by atomic mass is 32.1. The first-order chi connectivity index (χ1) is 28.4. The maximum absolute atomic E-state index is 9.21. The second-order valence-corrected chi connectivity index (χ2v) is 14.7.